The number of nitrogens with one attached hydrogen (secondary N) is 3. The molecule has 0 radical (unpaired) electrons. The summed E-state index contributed by atoms with van der Waals surface area (Å²) in [4.78, 5) is 25.2. The Hall–Kier alpha value is -1.14. The van der Waals surface area contributed by atoms with E-state index in [2.05, 4.69) is 20.9 Å². The molecule has 110 valence electrons. The minimum absolute atomic E-state index is 0.0257. The first-order valence-corrected chi connectivity index (χ1v) is 7.07. The van der Waals surface area contributed by atoms with E-state index in [4.69, 9.17) is 0 Å². The molecule has 1 aliphatic rings. The molecule has 1 unspecified atom stereocenters. The first-order valence-electron chi connectivity index (χ1n) is 7.07. The summed E-state index contributed by atoms with van der Waals surface area (Å²) < 4.78 is 0. The maximum absolute atomic E-state index is 11.7. The molecule has 0 spiro atoms. The molecule has 0 aromatic carbocycles. The molecule has 3 N–H and O–H groups in total. The molecule has 0 aromatic rings. The number of urea groups is 1. The van der Waals surface area contributed by atoms with Crippen molar-refractivity contribution < 1.29 is 9.59 Å². The SMILES string of the molecule is CCN(CC(=O)NC(=O)NC(C)C)CC1CCCN1. The topological polar surface area (TPSA) is 73.5 Å². The highest BCUT2D eigenvalue weighted by atomic mass is 16.2. The number of hydrogen-bond acceptors (Lipinski definition) is 4. The molecule has 0 saturated carbocycles. The van der Waals surface area contributed by atoms with Gasteiger partial charge < -0.3 is 10.6 Å². The standard InChI is InChI=1S/C13H26N4O2/c1-4-17(8-11-6-5-7-14-11)9-12(18)16-13(19)15-10(2)3/h10-11,14H,4-9H2,1-3H3,(H2,15,16,18,19). The van der Waals surface area contributed by atoms with Gasteiger partial charge in [-0.25, -0.2) is 4.79 Å². The van der Waals surface area contributed by atoms with Gasteiger partial charge in [-0.2, -0.15) is 0 Å². The summed E-state index contributed by atoms with van der Waals surface area (Å²) in [6.07, 6.45) is 2.36. The molecule has 0 aliphatic carbocycles. The number of imide groups is 1. The smallest absolute Gasteiger partial charge is 0.321 e. The van der Waals surface area contributed by atoms with E-state index in [1.165, 1.54) is 6.42 Å². The molecule has 6 heteroatoms. The van der Waals surface area contributed by atoms with Gasteiger partial charge in [-0.3, -0.25) is 15.0 Å². The van der Waals surface area contributed by atoms with E-state index in [1.54, 1.807) is 0 Å². The summed E-state index contributed by atoms with van der Waals surface area (Å²) in [6, 6.07) is 0.0741. The molecule has 0 aromatic heterocycles. The van der Waals surface area contributed by atoms with Crippen LogP contribution in [0.4, 0.5) is 4.79 Å². The molecular weight excluding hydrogens is 244 g/mol. The van der Waals surface area contributed by atoms with E-state index in [9.17, 15) is 9.59 Å². The molecule has 1 saturated heterocycles. The lowest BCUT2D eigenvalue weighted by atomic mass is 10.2. The number of rotatable bonds is 6. The van der Waals surface area contributed by atoms with E-state index in [0.717, 1.165) is 26.1 Å². The second-order valence-corrected chi connectivity index (χ2v) is 5.30. The third kappa shape index (κ3) is 6.54. The predicted molar refractivity (Wildman–Crippen MR) is 74.9 cm³/mol. The van der Waals surface area contributed by atoms with Crippen LogP contribution in [-0.2, 0) is 4.79 Å². The molecule has 1 atom stereocenters. The summed E-state index contributed by atoms with van der Waals surface area (Å²) in [7, 11) is 0. The van der Waals surface area contributed by atoms with Gasteiger partial charge in [0.2, 0.25) is 5.91 Å². The van der Waals surface area contributed by atoms with Gasteiger partial charge in [-0.1, -0.05) is 6.92 Å². The summed E-state index contributed by atoms with van der Waals surface area (Å²) >= 11 is 0. The zero-order valence-electron chi connectivity index (χ0n) is 12.2. The van der Waals surface area contributed by atoms with Gasteiger partial charge in [0, 0.05) is 18.6 Å². The molecule has 1 aliphatic heterocycles. The molecule has 6 nitrogen and oxygen atoms in total. The van der Waals surface area contributed by atoms with Crippen molar-refractivity contribution in [2.24, 2.45) is 0 Å². The fourth-order valence-electron chi connectivity index (χ4n) is 2.20. The van der Waals surface area contributed by atoms with Crippen molar-refractivity contribution in [2.45, 2.75) is 45.7 Å². The molecule has 1 rings (SSSR count). The van der Waals surface area contributed by atoms with E-state index in [1.807, 2.05) is 20.8 Å². The third-order valence-electron chi connectivity index (χ3n) is 3.13. The van der Waals surface area contributed by atoms with Gasteiger partial charge in [0.15, 0.2) is 0 Å². The maximum Gasteiger partial charge on any atom is 0.321 e. The van der Waals surface area contributed by atoms with Gasteiger partial charge in [-0.05, 0) is 39.8 Å². The lowest BCUT2D eigenvalue weighted by Gasteiger charge is -2.23. The lowest BCUT2D eigenvalue weighted by molar-refractivity contribution is -0.121. The zero-order valence-corrected chi connectivity index (χ0v) is 12.2. The Morgan fingerprint density at radius 2 is 2.16 bits per heavy atom. The van der Waals surface area contributed by atoms with Crippen LogP contribution in [0.15, 0.2) is 0 Å². The van der Waals surface area contributed by atoms with Gasteiger partial charge in [0.05, 0.1) is 6.54 Å². The average Bonchev–Trinajstić information content (AvgIpc) is 2.79. The average molecular weight is 270 g/mol. The fraction of sp³-hybridized carbons (Fsp3) is 0.846. The van der Waals surface area contributed by atoms with Crippen molar-refractivity contribution >= 4 is 11.9 Å². The highest BCUT2D eigenvalue weighted by molar-refractivity contribution is 5.95. The minimum Gasteiger partial charge on any atom is -0.336 e. The highest BCUT2D eigenvalue weighted by Gasteiger charge is 2.19. The van der Waals surface area contributed by atoms with Crippen LogP contribution in [0.2, 0.25) is 0 Å². The normalized spacial score (nSPS) is 18.9. The van der Waals surface area contributed by atoms with Gasteiger partial charge in [-0.15, -0.1) is 0 Å². The quantitative estimate of drug-likeness (QED) is 0.649. The van der Waals surface area contributed by atoms with Crippen molar-refractivity contribution in [2.75, 3.05) is 26.2 Å². The Labute approximate surface area is 115 Å². The molecule has 19 heavy (non-hydrogen) atoms. The van der Waals surface area contributed by atoms with Crippen LogP contribution in [0.5, 0.6) is 0 Å². The van der Waals surface area contributed by atoms with E-state index >= 15 is 0 Å². The van der Waals surface area contributed by atoms with Crippen molar-refractivity contribution in [1.29, 1.82) is 0 Å². The van der Waals surface area contributed by atoms with Crippen LogP contribution in [0.25, 0.3) is 0 Å². The van der Waals surface area contributed by atoms with Gasteiger partial charge >= 0.3 is 6.03 Å². The zero-order chi connectivity index (χ0) is 14.3. The third-order valence-corrected chi connectivity index (χ3v) is 3.13. The Morgan fingerprint density at radius 3 is 2.68 bits per heavy atom. The van der Waals surface area contributed by atoms with Crippen LogP contribution in [-0.4, -0.2) is 55.1 Å². The number of carbonyl (C=O) groups is 2. The second kappa shape index (κ2) is 8.12. The van der Waals surface area contributed by atoms with Crippen LogP contribution >= 0.6 is 0 Å². The van der Waals surface area contributed by atoms with Crippen LogP contribution in [0, 0.1) is 0 Å². The summed E-state index contributed by atoms with van der Waals surface area (Å²) in [5.41, 5.74) is 0. The Balaban J connectivity index is 2.29. The summed E-state index contributed by atoms with van der Waals surface area (Å²) in [5, 5.41) is 8.40. The molecule has 0 bridgehead atoms. The van der Waals surface area contributed by atoms with E-state index in [0.29, 0.717) is 6.04 Å². The lowest BCUT2D eigenvalue weighted by Crippen LogP contribution is -2.48. The highest BCUT2D eigenvalue weighted by Crippen LogP contribution is 2.06. The number of amides is 3. The van der Waals surface area contributed by atoms with Crippen LogP contribution < -0.4 is 16.0 Å². The Bertz CT molecular complexity index is 301. The van der Waals surface area contributed by atoms with Crippen molar-refractivity contribution in [1.82, 2.24) is 20.9 Å². The van der Waals surface area contributed by atoms with Gasteiger partial charge in [0.25, 0.3) is 0 Å². The number of hydrogen-bond donors (Lipinski definition) is 3. The molecule has 3 amide bonds. The van der Waals surface area contributed by atoms with Crippen molar-refractivity contribution in [3.05, 3.63) is 0 Å². The van der Waals surface area contributed by atoms with Crippen LogP contribution in [0.1, 0.15) is 33.6 Å². The van der Waals surface area contributed by atoms with E-state index in [-0.39, 0.29) is 18.5 Å². The predicted octanol–water partition coefficient (Wildman–Crippen LogP) is 0.295. The second-order valence-electron chi connectivity index (χ2n) is 5.30. The number of likely N-dealkylation sites (N-methyl/N-ethyl adjacent to an activating group) is 1. The molecule has 1 heterocycles. The minimum atomic E-state index is -0.421. The van der Waals surface area contributed by atoms with Crippen molar-refractivity contribution in [3.63, 3.8) is 0 Å². The molecule has 1 fully saturated rings. The van der Waals surface area contributed by atoms with Crippen molar-refractivity contribution in [3.8, 4) is 0 Å². The van der Waals surface area contributed by atoms with E-state index < -0.39 is 6.03 Å². The number of nitrogens with zero attached hydrogens (tertiary/aromatic N) is 1. The summed E-state index contributed by atoms with van der Waals surface area (Å²) in [5.74, 6) is -0.252. The van der Waals surface area contributed by atoms with Gasteiger partial charge in [0.1, 0.15) is 0 Å². The van der Waals surface area contributed by atoms with Crippen LogP contribution in [0.3, 0.4) is 0 Å². The Kier molecular flexibility index (Phi) is 6.80. The first kappa shape index (κ1) is 15.9. The Morgan fingerprint density at radius 1 is 1.42 bits per heavy atom. The monoisotopic (exact) mass is 270 g/mol. The number of carbonyl (C=O) groups excluding carboxylic acids is 2. The molecular formula is C13H26N4O2. The first-order chi connectivity index (χ1) is 9.01. The summed E-state index contributed by atoms with van der Waals surface area (Å²) in [6.45, 7) is 8.72. The maximum atomic E-state index is 11.7. The largest absolute Gasteiger partial charge is 0.336 e. The fourth-order valence-corrected chi connectivity index (χ4v) is 2.20.